The molecule has 6 heteroatoms. The highest BCUT2D eigenvalue weighted by atomic mass is 32.2. The average Bonchev–Trinajstić information content (AvgIpc) is 2.36. The molecule has 0 aromatic carbocycles. The van der Waals surface area contributed by atoms with E-state index in [4.69, 9.17) is 0 Å². The molecule has 0 radical (unpaired) electrons. The van der Waals surface area contributed by atoms with Gasteiger partial charge in [-0.15, -0.1) is 0 Å². The first-order valence-electron chi connectivity index (χ1n) is 2.56. The second-order valence-electron chi connectivity index (χ2n) is 2.23. The molecule has 1 fully saturated rings. The zero-order chi connectivity index (χ0) is 7.99. The van der Waals surface area contributed by atoms with Crippen molar-refractivity contribution in [1.82, 2.24) is 0 Å². The van der Waals surface area contributed by atoms with Gasteiger partial charge in [0.25, 0.3) is 0 Å². The Balaban J connectivity index is 2.80. The van der Waals surface area contributed by atoms with E-state index in [0.29, 0.717) is 0 Å². The first kappa shape index (κ1) is 8.00. The molecule has 0 bridgehead atoms. The lowest BCUT2D eigenvalue weighted by Gasteiger charge is -2.20. The van der Waals surface area contributed by atoms with Crippen molar-refractivity contribution < 1.29 is 21.9 Å². The molecule has 1 aliphatic carbocycles. The van der Waals surface area contributed by atoms with Crippen LogP contribution in [0.2, 0.25) is 0 Å². The largest absolute Gasteiger partial charge is 0.772 e. The van der Waals surface area contributed by atoms with Crippen LogP contribution in [0.5, 0.6) is 0 Å². The fraction of sp³-hybridized carbons (Fsp3) is 1.00. The molecule has 0 heterocycles. The maximum Gasteiger partial charge on any atom is 0.404 e. The topological polar surface area (TPSA) is 40.1 Å². The summed E-state index contributed by atoms with van der Waals surface area (Å²) >= 11 is -3.01. The molecule has 0 N–H and O–H groups in total. The molecule has 0 aliphatic heterocycles. The minimum Gasteiger partial charge on any atom is -0.772 e. The van der Waals surface area contributed by atoms with Gasteiger partial charge >= 0.3 is 6.18 Å². The molecule has 10 heavy (non-hydrogen) atoms. The SMILES string of the molecule is O=S([O-])C1(C(F)(F)F)CC1. The van der Waals surface area contributed by atoms with E-state index in [0.717, 1.165) is 0 Å². The Bertz CT molecular complexity index is 172. The van der Waals surface area contributed by atoms with E-state index in [1.54, 1.807) is 0 Å². The summed E-state index contributed by atoms with van der Waals surface area (Å²) in [6.07, 6.45) is -5.15. The van der Waals surface area contributed by atoms with Crippen molar-refractivity contribution in [3.63, 3.8) is 0 Å². The van der Waals surface area contributed by atoms with Crippen molar-refractivity contribution in [2.75, 3.05) is 0 Å². The molecule has 0 spiro atoms. The number of alkyl halides is 3. The Kier molecular flexibility index (Phi) is 1.56. The van der Waals surface area contributed by atoms with E-state index >= 15 is 0 Å². The highest BCUT2D eigenvalue weighted by molar-refractivity contribution is 7.81. The Morgan fingerprint density at radius 1 is 1.40 bits per heavy atom. The molecule has 1 rings (SSSR count). The van der Waals surface area contributed by atoms with Crippen LogP contribution in [0.1, 0.15) is 12.8 Å². The fourth-order valence-corrected chi connectivity index (χ4v) is 1.28. The van der Waals surface area contributed by atoms with Gasteiger partial charge in [0.1, 0.15) is 4.75 Å². The minimum atomic E-state index is -4.58. The van der Waals surface area contributed by atoms with E-state index in [-0.39, 0.29) is 12.8 Å². The van der Waals surface area contributed by atoms with Crippen LogP contribution in [-0.2, 0) is 11.1 Å². The van der Waals surface area contributed by atoms with Gasteiger partial charge in [0, 0.05) is 0 Å². The smallest absolute Gasteiger partial charge is 0.404 e. The Morgan fingerprint density at radius 3 is 1.80 bits per heavy atom. The average molecular weight is 173 g/mol. The fourth-order valence-electron chi connectivity index (χ4n) is 0.658. The van der Waals surface area contributed by atoms with Crippen molar-refractivity contribution in [2.45, 2.75) is 23.8 Å². The van der Waals surface area contributed by atoms with E-state index in [1.165, 1.54) is 0 Å². The molecule has 1 unspecified atom stereocenters. The zero-order valence-electron chi connectivity index (χ0n) is 4.77. The van der Waals surface area contributed by atoms with E-state index in [9.17, 15) is 21.9 Å². The van der Waals surface area contributed by atoms with Crippen LogP contribution >= 0.6 is 0 Å². The van der Waals surface area contributed by atoms with E-state index < -0.39 is 22.0 Å². The summed E-state index contributed by atoms with van der Waals surface area (Å²) in [4.78, 5) is 0. The molecular weight excluding hydrogens is 169 g/mol. The summed E-state index contributed by atoms with van der Waals surface area (Å²) in [6, 6.07) is 0. The summed E-state index contributed by atoms with van der Waals surface area (Å²) in [7, 11) is 0. The van der Waals surface area contributed by atoms with Gasteiger partial charge in [-0.2, -0.15) is 13.2 Å². The third-order valence-electron chi connectivity index (χ3n) is 1.54. The summed E-state index contributed by atoms with van der Waals surface area (Å²) in [5.74, 6) is 0. The third kappa shape index (κ3) is 0.950. The van der Waals surface area contributed by atoms with Crippen LogP contribution in [0.4, 0.5) is 13.2 Å². The van der Waals surface area contributed by atoms with Crippen LogP contribution in [0.25, 0.3) is 0 Å². The quantitative estimate of drug-likeness (QED) is 0.554. The number of halogens is 3. The monoisotopic (exact) mass is 173 g/mol. The summed E-state index contributed by atoms with van der Waals surface area (Å²) < 4.78 is 52.9. The maximum absolute atomic E-state index is 11.8. The third-order valence-corrected chi connectivity index (χ3v) is 2.82. The summed E-state index contributed by atoms with van der Waals surface area (Å²) in [6.45, 7) is 0. The molecule has 0 amide bonds. The first-order valence-corrected chi connectivity index (χ1v) is 3.64. The van der Waals surface area contributed by atoms with Gasteiger partial charge in [0.2, 0.25) is 0 Å². The van der Waals surface area contributed by atoms with Crippen LogP contribution in [0.3, 0.4) is 0 Å². The lowest BCUT2D eigenvalue weighted by molar-refractivity contribution is -0.137. The van der Waals surface area contributed by atoms with Crippen LogP contribution < -0.4 is 0 Å². The van der Waals surface area contributed by atoms with Crippen molar-refractivity contribution >= 4 is 11.1 Å². The van der Waals surface area contributed by atoms with Crippen molar-refractivity contribution in [3.05, 3.63) is 0 Å². The second-order valence-corrected chi connectivity index (χ2v) is 3.48. The van der Waals surface area contributed by atoms with Crippen LogP contribution in [0, 0.1) is 0 Å². The number of rotatable bonds is 1. The van der Waals surface area contributed by atoms with Gasteiger partial charge in [-0.1, -0.05) is 0 Å². The molecule has 2 nitrogen and oxygen atoms in total. The highest BCUT2D eigenvalue weighted by Crippen LogP contribution is 2.52. The normalized spacial score (nSPS) is 26.0. The first-order chi connectivity index (χ1) is 4.40. The van der Waals surface area contributed by atoms with Gasteiger partial charge < -0.3 is 4.55 Å². The number of hydrogen-bond donors (Lipinski definition) is 0. The molecule has 1 aliphatic rings. The predicted octanol–water partition coefficient (Wildman–Crippen LogP) is 0.960. The van der Waals surface area contributed by atoms with Crippen LogP contribution in [-0.4, -0.2) is 19.7 Å². The number of hydrogen-bond acceptors (Lipinski definition) is 2. The highest BCUT2D eigenvalue weighted by Gasteiger charge is 2.64. The van der Waals surface area contributed by atoms with E-state index in [1.807, 2.05) is 0 Å². The minimum absolute atomic E-state index is 0.285. The lowest BCUT2D eigenvalue weighted by Crippen LogP contribution is -2.35. The van der Waals surface area contributed by atoms with Gasteiger partial charge in [-0.25, -0.2) is 0 Å². The molecule has 60 valence electrons. The van der Waals surface area contributed by atoms with Gasteiger partial charge in [-0.05, 0) is 23.9 Å². The molecule has 0 aromatic rings. The Morgan fingerprint density at radius 2 is 1.80 bits per heavy atom. The molecular formula is C4H4F3O2S-. The van der Waals surface area contributed by atoms with E-state index in [2.05, 4.69) is 0 Å². The van der Waals surface area contributed by atoms with Gasteiger partial charge in [0.05, 0.1) is 0 Å². The standard InChI is InChI=1S/C4H5F3O2S/c5-4(6,7)3(1-2-3)10(8)9/h1-2H2,(H,8,9)/p-1. The molecule has 0 aromatic heterocycles. The zero-order valence-corrected chi connectivity index (χ0v) is 5.59. The summed E-state index contributed by atoms with van der Waals surface area (Å²) in [5.41, 5.74) is 0. The molecule has 0 saturated heterocycles. The predicted molar refractivity (Wildman–Crippen MR) is 26.9 cm³/mol. The van der Waals surface area contributed by atoms with Crippen molar-refractivity contribution in [1.29, 1.82) is 0 Å². The lowest BCUT2D eigenvalue weighted by atomic mass is 10.4. The van der Waals surface area contributed by atoms with Crippen molar-refractivity contribution in [3.8, 4) is 0 Å². The maximum atomic E-state index is 11.8. The Hall–Kier alpha value is -0.100. The van der Waals surface area contributed by atoms with Gasteiger partial charge in [0.15, 0.2) is 0 Å². The summed E-state index contributed by atoms with van der Waals surface area (Å²) in [5, 5.41) is 0. The molecule has 1 saturated carbocycles. The van der Waals surface area contributed by atoms with Crippen LogP contribution in [0.15, 0.2) is 0 Å². The van der Waals surface area contributed by atoms with Crippen molar-refractivity contribution in [2.24, 2.45) is 0 Å². The Labute approximate surface area is 57.7 Å². The second kappa shape index (κ2) is 1.94. The molecule has 1 atom stereocenters. The van der Waals surface area contributed by atoms with Gasteiger partial charge in [-0.3, -0.25) is 4.21 Å².